The topological polar surface area (TPSA) is 18.5 Å². The van der Waals surface area contributed by atoms with E-state index in [9.17, 15) is 0 Å². The van der Waals surface area contributed by atoms with Crippen LogP contribution < -0.4 is 9.47 Å². The van der Waals surface area contributed by atoms with Gasteiger partial charge in [-0.3, -0.25) is 0 Å². The molecule has 2 nitrogen and oxygen atoms in total. The Hall–Kier alpha value is -1.70. The molecule has 2 aromatic rings. The van der Waals surface area contributed by atoms with Crippen molar-refractivity contribution in [3.8, 4) is 11.5 Å². The summed E-state index contributed by atoms with van der Waals surface area (Å²) in [7, 11) is 1.68. The molecule has 2 rings (SSSR count). The molecule has 0 saturated carbocycles. The summed E-state index contributed by atoms with van der Waals surface area (Å²) >= 11 is 0. The number of hydrogen-bond donors (Lipinski definition) is 0. The van der Waals surface area contributed by atoms with E-state index in [2.05, 4.69) is 19.1 Å². The van der Waals surface area contributed by atoms with Gasteiger partial charge in [0.15, 0.2) is 11.5 Å². The van der Waals surface area contributed by atoms with Gasteiger partial charge in [-0.2, -0.15) is 0 Å². The van der Waals surface area contributed by atoms with Gasteiger partial charge in [0.05, 0.1) is 13.7 Å². The Morgan fingerprint density at radius 1 is 1.06 bits per heavy atom. The van der Waals surface area contributed by atoms with Crippen LogP contribution in [0.5, 0.6) is 11.5 Å². The average molecular weight is 216 g/mol. The van der Waals surface area contributed by atoms with E-state index in [1.165, 1.54) is 5.39 Å². The molecular formula is C14H16O2. The summed E-state index contributed by atoms with van der Waals surface area (Å²) in [6.45, 7) is 2.81. The van der Waals surface area contributed by atoms with E-state index in [0.29, 0.717) is 6.61 Å². The maximum Gasteiger partial charge on any atom is 0.168 e. The van der Waals surface area contributed by atoms with Gasteiger partial charge >= 0.3 is 0 Å². The summed E-state index contributed by atoms with van der Waals surface area (Å²) < 4.78 is 11.1. The van der Waals surface area contributed by atoms with Crippen LogP contribution >= 0.6 is 0 Å². The fourth-order valence-electron chi connectivity index (χ4n) is 1.76. The third-order valence-electron chi connectivity index (χ3n) is 2.51. The van der Waals surface area contributed by atoms with Gasteiger partial charge in [0.25, 0.3) is 0 Å². The first-order chi connectivity index (χ1) is 7.86. The molecule has 0 atom stereocenters. The second-order valence-electron chi connectivity index (χ2n) is 3.67. The van der Waals surface area contributed by atoms with Gasteiger partial charge in [0.2, 0.25) is 0 Å². The fourth-order valence-corrected chi connectivity index (χ4v) is 1.76. The Morgan fingerprint density at radius 2 is 1.88 bits per heavy atom. The number of hydrogen-bond acceptors (Lipinski definition) is 2. The molecule has 0 fully saturated rings. The molecule has 0 saturated heterocycles. The van der Waals surface area contributed by atoms with Crippen molar-refractivity contribution in [3.05, 3.63) is 36.4 Å². The number of ether oxygens (including phenoxy) is 2. The van der Waals surface area contributed by atoms with Gasteiger partial charge in [-0.1, -0.05) is 37.3 Å². The first-order valence-electron chi connectivity index (χ1n) is 5.55. The third kappa shape index (κ3) is 1.96. The van der Waals surface area contributed by atoms with Gasteiger partial charge in [0, 0.05) is 5.39 Å². The van der Waals surface area contributed by atoms with Crippen LogP contribution in [0.3, 0.4) is 0 Å². The maximum absolute atomic E-state index is 5.66. The summed E-state index contributed by atoms with van der Waals surface area (Å²) in [5.74, 6) is 1.65. The lowest BCUT2D eigenvalue weighted by atomic mass is 10.1. The predicted octanol–water partition coefficient (Wildman–Crippen LogP) is 3.64. The molecule has 0 heterocycles. The summed E-state index contributed by atoms with van der Waals surface area (Å²) in [4.78, 5) is 0. The summed E-state index contributed by atoms with van der Waals surface area (Å²) in [6.07, 6.45) is 0.996. The average Bonchev–Trinajstić information content (AvgIpc) is 2.35. The highest BCUT2D eigenvalue weighted by Crippen LogP contribution is 2.35. The highest BCUT2D eigenvalue weighted by molar-refractivity contribution is 5.90. The SMILES string of the molecule is CCCOc1ccc2ccccc2c1OC. The Labute approximate surface area is 95.8 Å². The lowest BCUT2D eigenvalue weighted by Gasteiger charge is -2.12. The standard InChI is InChI=1S/C14H16O2/c1-3-10-16-13-9-8-11-6-4-5-7-12(11)14(13)15-2/h4-9H,3,10H2,1-2H3. The molecule has 0 aliphatic carbocycles. The molecule has 0 unspecified atom stereocenters. The van der Waals surface area contributed by atoms with Crippen molar-refractivity contribution in [3.63, 3.8) is 0 Å². The Morgan fingerprint density at radius 3 is 2.62 bits per heavy atom. The highest BCUT2D eigenvalue weighted by Gasteiger charge is 2.08. The van der Waals surface area contributed by atoms with Crippen molar-refractivity contribution in [1.82, 2.24) is 0 Å². The van der Waals surface area contributed by atoms with Gasteiger partial charge in [0.1, 0.15) is 0 Å². The van der Waals surface area contributed by atoms with Crippen molar-refractivity contribution in [2.75, 3.05) is 13.7 Å². The zero-order valence-corrected chi connectivity index (χ0v) is 9.69. The number of fused-ring (bicyclic) bond motifs is 1. The maximum atomic E-state index is 5.66. The summed E-state index contributed by atoms with van der Waals surface area (Å²) in [5, 5.41) is 2.27. The quantitative estimate of drug-likeness (QED) is 0.776. The van der Waals surface area contributed by atoms with Gasteiger partial charge in [-0.15, -0.1) is 0 Å². The molecule has 0 aromatic heterocycles. The number of methoxy groups -OCH3 is 1. The summed E-state index contributed by atoms with van der Waals surface area (Å²) in [5.41, 5.74) is 0. The van der Waals surface area contributed by atoms with E-state index in [0.717, 1.165) is 23.3 Å². The largest absolute Gasteiger partial charge is 0.492 e. The van der Waals surface area contributed by atoms with Crippen LogP contribution in [0.2, 0.25) is 0 Å². The minimum atomic E-state index is 0.717. The normalized spacial score (nSPS) is 10.4. The second-order valence-corrected chi connectivity index (χ2v) is 3.67. The third-order valence-corrected chi connectivity index (χ3v) is 2.51. The van der Waals surface area contributed by atoms with E-state index in [1.54, 1.807) is 7.11 Å². The van der Waals surface area contributed by atoms with Crippen molar-refractivity contribution in [2.45, 2.75) is 13.3 Å². The summed E-state index contributed by atoms with van der Waals surface area (Å²) in [6, 6.07) is 12.2. The minimum Gasteiger partial charge on any atom is -0.492 e. The fraction of sp³-hybridized carbons (Fsp3) is 0.286. The highest BCUT2D eigenvalue weighted by atomic mass is 16.5. The molecule has 84 valence electrons. The molecule has 0 aliphatic rings. The molecule has 0 spiro atoms. The number of rotatable bonds is 4. The van der Waals surface area contributed by atoms with Crippen molar-refractivity contribution in [1.29, 1.82) is 0 Å². The molecule has 0 aliphatic heterocycles. The first kappa shape index (κ1) is 10.8. The van der Waals surface area contributed by atoms with Crippen molar-refractivity contribution in [2.24, 2.45) is 0 Å². The lowest BCUT2D eigenvalue weighted by molar-refractivity contribution is 0.296. The van der Waals surface area contributed by atoms with Crippen LogP contribution in [0.15, 0.2) is 36.4 Å². The molecule has 0 bridgehead atoms. The Balaban J connectivity index is 2.50. The molecule has 0 radical (unpaired) electrons. The zero-order chi connectivity index (χ0) is 11.4. The Bertz CT molecular complexity index is 477. The molecule has 16 heavy (non-hydrogen) atoms. The van der Waals surface area contributed by atoms with Crippen molar-refractivity contribution >= 4 is 10.8 Å². The lowest BCUT2D eigenvalue weighted by Crippen LogP contribution is -1.98. The monoisotopic (exact) mass is 216 g/mol. The van der Waals surface area contributed by atoms with Gasteiger partial charge < -0.3 is 9.47 Å². The predicted molar refractivity (Wildman–Crippen MR) is 66.3 cm³/mol. The van der Waals surface area contributed by atoms with Crippen LogP contribution in [-0.4, -0.2) is 13.7 Å². The molecule has 2 heteroatoms. The molecular weight excluding hydrogens is 200 g/mol. The van der Waals surface area contributed by atoms with Crippen LogP contribution in [0.4, 0.5) is 0 Å². The molecule has 0 N–H and O–H groups in total. The van der Waals surface area contributed by atoms with E-state index in [-0.39, 0.29) is 0 Å². The first-order valence-corrected chi connectivity index (χ1v) is 5.55. The van der Waals surface area contributed by atoms with E-state index < -0.39 is 0 Å². The minimum absolute atomic E-state index is 0.717. The zero-order valence-electron chi connectivity index (χ0n) is 9.69. The second kappa shape index (κ2) is 4.88. The van der Waals surface area contributed by atoms with Crippen molar-refractivity contribution < 1.29 is 9.47 Å². The van der Waals surface area contributed by atoms with Crippen LogP contribution in [0, 0.1) is 0 Å². The van der Waals surface area contributed by atoms with Crippen LogP contribution in [-0.2, 0) is 0 Å². The van der Waals surface area contributed by atoms with Crippen LogP contribution in [0.1, 0.15) is 13.3 Å². The van der Waals surface area contributed by atoms with E-state index in [1.807, 2.05) is 24.3 Å². The molecule has 2 aromatic carbocycles. The van der Waals surface area contributed by atoms with E-state index in [4.69, 9.17) is 9.47 Å². The molecule has 0 amide bonds. The Kier molecular flexibility index (Phi) is 3.30. The van der Waals surface area contributed by atoms with Gasteiger partial charge in [-0.25, -0.2) is 0 Å². The smallest absolute Gasteiger partial charge is 0.168 e. The van der Waals surface area contributed by atoms with Crippen LogP contribution in [0.25, 0.3) is 10.8 Å². The van der Waals surface area contributed by atoms with Gasteiger partial charge in [-0.05, 0) is 17.9 Å². The number of benzene rings is 2. The van der Waals surface area contributed by atoms with E-state index >= 15 is 0 Å².